The maximum absolute atomic E-state index is 11.3. The van der Waals surface area contributed by atoms with Gasteiger partial charge < -0.3 is 4.90 Å². The van der Waals surface area contributed by atoms with Crippen LogP contribution in [-0.4, -0.2) is 44.1 Å². The summed E-state index contributed by atoms with van der Waals surface area (Å²) in [5.74, 6) is 0.554. The molecule has 6 nitrogen and oxygen atoms in total. The molecule has 3 rings (SSSR count). The number of nitrogens with one attached hydrogen (secondary N) is 1. The van der Waals surface area contributed by atoms with E-state index < -0.39 is 0 Å². The van der Waals surface area contributed by atoms with Crippen molar-refractivity contribution in [3.63, 3.8) is 0 Å². The molecule has 0 aliphatic carbocycles. The number of hydrogen-bond acceptors (Lipinski definition) is 4. The summed E-state index contributed by atoms with van der Waals surface area (Å²) < 4.78 is 0. The topological polar surface area (TPSA) is 74.8 Å². The second-order valence-electron chi connectivity index (χ2n) is 5.52. The second-order valence-corrected chi connectivity index (χ2v) is 5.52. The van der Waals surface area contributed by atoms with Crippen LogP contribution in [0, 0.1) is 6.92 Å². The SMILES string of the molecule is CC(=O)N1CCC(c2cnc(-c3cn[nH]c3C)cn2)CC1. The summed E-state index contributed by atoms with van der Waals surface area (Å²) in [5, 5.41) is 6.91. The van der Waals surface area contributed by atoms with Gasteiger partial charge in [0, 0.05) is 43.4 Å². The summed E-state index contributed by atoms with van der Waals surface area (Å²) in [6.07, 6.45) is 7.35. The van der Waals surface area contributed by atoms with E-state index in [0.717, 1.165) is 48.6 Å². The number of piperidine rings is 1. The summed E-state index contributed by atoms with van der Waals surface area (Å²) in [6, 6.07) is 0. The van der Waals surface area contributed by atoms with E-state index in [0.29, 0.717) is 5.92 Å². The molecule has 2 aromatic heterocycles. The van der Waals surface area contributed by atoms with E-state index in [4.69, 9.17) is 0 Å². The lowest BCUT2D eigenvalue weighted by molar-refractivity contribution is -0.129. The molecule has 1 fully saturated rings. The van der Waals surface area contributed by atoms with Crippen molar-refractivity contribution in [1.29, 1.82) is 0 Å². The first-order valence-corrected chi connectivity index (χ1v) is 7.23. The number of H-pyrrole nitrogens is 1. The van der Waals surface area contributed by atoms with Gasteiger partial charge in [0.25, 0.3) is 0 Å². The number of hydrogen-bond donors (Lipinski definition) is 1. The van der Waals surface area contributed by atoms with Crippen LogP contribution in [-0.2, 0) is 4.79 Å². The van der Waals surface area contributed by atoms with E-state index >= 15 is 0 Å². The van der Waals surface area contributed by atoms with Crippen LogP contribution < -0.4 is 0 Å². The van der Waals surface area contributed by atoms with Crippen molar-refractivity contribution in [3.8, 4) is 11.3 Å². The molecule has 0 bridgehead atoms. The van der Waals surface area contributed by atoms with E-state index in [1.54, 1.807) is 13.1 Å². The van der Waals surface area contributed by atoms with Crippen LogP contribution in [0.25, 0.3) is 11.3 Å². The van der Waals surface area contributed by atoms with Crippen molar-refractivity contribution in [2.75, 3.05) is 13.1 Å². The van der Waals surface area contributed by atoms with E-state index in [2.05, 4.69) is 20.2 Å². The largest absolute Gasteiger partial charge is 0.343 e. The maximum atomic E-state index is 11.3. The summed E-state index contributed by atoms with van der Waals surface area (Å²) >= 11 is 0. The third-order valence-corrected chi connectivity index (χ3v) is 4.14. The van der Waals surface area contributed by atoms with Crippen molar-refractivity contribution in [1.82, 2.24) is 25.1 Å². The monoisotopic (exact) mass is 285 g/mol. The first-order chi connectivity index (χ1) is 10.1. The van der Waals surface area contributed by atoms with Crippen LogP contribution in [0.3, 0.4) is 0 Å². The third kappa shape index (κ3) is 2.79. The third-order valence-electron chi connectivity index (χ3n) is 4.14. The number of rotatable bonds is 2. The highest BCUT2D eigenvalue weighted by Gasteiger charge is 2.23. The number of carbonyl (C=O) groups excluding carboxylic acids is 1. The second kappa shape index (κ2) is 5.63. The van der Waals surface area contributed by atoms with Crippen LogP contribution in [0.2, 0.25) is 0 Å². The predicted octanol–water partition coefficient (Wildman–Crippen LogP) is 1.90. The molecule has 1 saturated heterocycles. The molecule has 0 radical (unpaired) electrons. The van der Waals surface area contributed by atoms with Gasteiger partial charge >= 0.3 is 0 Å². The number of aromatic nitrogens is 4. The number of carbonyl (C=O) groups is 1. The highest BCUT2D eigenvalue weighted by atomic mass is 16.2. The first-order valence-electron chi connectivity index (χ1n) is 7.23. The molecular formula is C15H19N5O. The van der Waals surface area contributed by atoms with Crippen LogP contribution >= 0.6 is 0 Å². The van der Waals surface area contributed by atoms with Gasteiger partial charge in [-0.3, -0.25) is 19.9 Å². The van der Waals surface area contributed by atoms with Gasteiger partial charge in [-0.1, -0.05) is 0 Å². The van der Waals surface area contributed by atoms with Crippen LogP contribution in [0.4, 0.5) is 0 Å². The lowest BCUT2D eigenvalue weighted by Crippen LogP contribution is -2.36. The predicted molar refractivity (Wildman–Crippen MR) is 78.6 cm³/mol. The van der Waals surface area contributed by atoms with Gasteiger partial charge in [0.15, 0.2) is 0 Å². The maximum Gasteiger partial charge on any atom is 0.219 e. The highest BCUT2D eigenvalue weighted by Crippen LogP contribution is 2.27. The summed E-state index contributed by atoms with van der Waals surface area (Å²) in [4.78, 5) is 22.3. The minimum atomic E-state index is 0.158. The fraction of sp³-hybridized carbons (Fsp3) is 0.467. The fourth-order valence-corrected chi connectivity index (χ4v) is 2.79. The van der Waals surface area contributed by atoms with E-state index in [-0.39, 0.29) is 5.91 Å². The van der Waals surface area contributed by atoms with Crippen molar-refractivity contribution >= 4 is 5.91 Å². The van der Waals surface area contributed by atoms with Crippen molar-refractivity contribution in [2.45, 2.75) is 32.6 Å². The van der Waals surface area contributed by atoms with Crippen LogP contribution in [0.5, 0.6) is 0 Å². The van der Waals surface area contributed by atoms with Gasteiger partial charge in [-0.2, -0.15) is 5.10 Å². The Kier molecular flexibility index (Phi) is 3.68. The Balaban J connectivity index is 1.71. The standard InChI is InChI=1S/C15H19N5O/c1-10-13(7-18-19-10)15-9-16-14(8-17-15)12-3-5-20(6-4-12)11(2)21/h7-9,12H,3-6H2,1-2H3,(H,18,19). The lowest BCUT2D eigenvalue weighted by atomic mass is 9.93. The zero-order valence-electron chi connectivity index (χ0n) is 12.3. The number of aromatic amines is 1. The Morgan fingerprint density at radius 2 is 2.00 bits per heavy atom. The summed E-state index contributed by atoms with van der Waals surface area (Å²) in [5.41, 5.74) is 3.83. The van der Waals surface area contributed by atoms with Gasteiger partial charge in [0.1, 0.15) is 0 Å². The van der Waals surface area contributed by atoms with Crippen LogP contribution in [0.15, 0.2) is 18.6 Å². The van der Waals surface area contributed by atoms with E-state index in [1.807, 2.05) is 24.2 Å². The molecule has 0 spiro atoms. The molecule has 21 heavy (non-hydrogen) atoms. The molecule has 0 unspecified atom stereocenters. The summed E-state index contributed by atoms with van der Waals surface area (Å²) in [7, 11) is 0. The molecule has 1 aliphatic rings. The Morgan fingerprint density at radius 1 is 1.24 bits per heavy atom. The molecule has 0 atom stereocenters. The summed E-state index contributed by atoms with van der Waals surface area (Å²) in [6.45, 7) is 5.21. The van der Waals surface area contributed by atoms with Crippen molar-refractivity contribution < 1.29 is 4.79 Å². The minimum absolute atomic E-state index is 0.158. The zero-order valence-corrected chi connectivity index (χ0v) is 12.3. The van der Waals surface area contributed by atoms with Gasteiger partial charge in [-0.15, -0.1) is 0 Å². The Hall–Kier alpha value is -2.24. The molecule has 0 aromatic carbocycles. The van der Waals surface area contributed by atoms with Gasteiger partial charge in [0.2, 0.25) is 5.91 Å². The van der Waals surface area contributed by atoms with Crippen LogP contribution in [0.1, 0.15) is 37.1 Å². The van der Waals surface area contributed by atoms with Gasteiger partial charge in [0.05, 0.1) is 23.8 Å². The average Bonchev–Trinajstić information content (AvgIpc) is 2.94. The van der Waals surface area contributed by atoms with E-state index in [9.17, 15) is 4.79 Å². The quantitative estimate of drug-likeness (QED) is 0.914. The Labute approximate surface area is 123 Å². The Morgan fingerprint density at radius 3 is 2.52 bits per heavy atom. The number of nitrogens with zero attached hydrogens (tertiary/aromatic N) is 4. The smallest absolute Gasteiger partial charge is 0.219 e. The number of amides is 1. The fourth-order valence-electron chi connectivity index (χ4n) is 2.79. The van der Waals surface area contributed by atoms with E-state index in [1.165, 1.54) is 0 Å². The molecule has 1 amide bonds. The normalized spacial score (nSPS) is 16.2. The highest BCUT2D eigenvalue weighted by molar-refractivity contribution is 5.73. The lowest BCUT2D eigenvalue weighted by Gasteiger charge is -2.30. The van der Waals surface area contributed by atoms with Crippen molar-refractivity contribution in [2.24, 2.45) is 0 Å². The molecule has 110 valence electrons. The first kappa shape index (κ1) is 13.7. The van der Waals surface area contributed by atoms with Crippen molar-refractivity contribution in [3.05, 3.63) is 30.0 Å². The molecular weight excluding hydrogens is 266 g/mol. The number of aryl methyl sites for hydroxylation is 1. The molecule has 1 aliphatic heterocycles. The number of likely N-dealkylation sites (tertiary alicyclic amines) is 1. The Bertz CT molecular complexity index is 626. The molecule has 2 aromatic rings. The van der Waals surface area contributed by atoms with Gasteiger partial charge in [-0.05, 0) is 19.8 Å². The average molecular weight is 285 g/mol. The molecule has 1 N–H and O–H groups in total. The molecule has 3 heterocycles. The minimum Gasteiger partial charge on any atom is -0.343 e. The molecule has 0 saturated carbocycles. The van der Waals surface area contributed by atoms with Gasteiger partial charge in [-0.25, -0.2) is 0 Å². The molecule has 6 heteroatoms. The zero-order chi connectivity index (χ0) is 14.8.